The van der Waals surface area contributed by atoms with Crippen molar-refractivity contribution in [3.8, 4) is 16.9 Å². The van der Waals surface area contributed by atoms with Crippen LogP contribution in [0, 0.1) is 0 Å². The normalized spacial score (nSPS) is 14.9. The Morgan fingerprint density at radius 3 is 1.88 bits per heavy atom. The Kier molecular flexibility index (Phi) is 6.03. The molecule has 178 valence electrons. The van der Waals surface area contributed by atoms with Gasteiger partial charge in [0.05, 0.1) is 16.2 Å². The van der Waals surface area contributed by atoms with Gasteiger partial charge in [-0.2, -0.15) is 35.1 Å². The molecule has 1 unspecified atom stereocenters. The van der Waals surface area contributed by atoms with Gasteiger partial charge in [-0.1, -0.05) is 40.5 Å². The molecule has 0 amide bonds. The van der Waals surface area contributed by atoms with E-state index in [9.17, 15) is 39.5 Å². The van der Waals surface area contributed by atoms with E-state index in [1.165, 1.54) is 12.3 Å². The molecule has 15 heteroatoms. The Labute approximate surface area is 188 Å². The van der Waals surface area contributed by atoms with E-state index >= 15 is 0 Å². The highest BCUT2D eigenvalue weighted by molar-refractivity contribution is 6.37. The first-order valence-corrected chi connectivity index (χ1v) is 9.24. The highest BCUT2D eigenvalue weighted by atomic mass is 35.5. The Morgan fingerprint density at radius 2 is 1.39 bits per heavy atom. The number of hydrogen-bond donors (Lipinski definition) is 1. The molecule has 1 atom stereocenters. The van der Waals surface area contributed by atoms with Crippen LogP contribution in [0.1, 0.15) is 5.56 Å². The van der Waals surface area contributed by atoms with E-state index in [4.69, 9.17) is 28.9 Å². The molecule has 2 N–H and O–H groups in total. The van der Waals surface area contributed by atoms with Crippen LogP contribution in [0.15, 0.2) is 42.6 Å². The van der Waals surface area contributed by atoms with Gasteiger partial charge in [0.2, 0.25) is 0 Å². The lowest BCUT2D eigenvalue weighted by molar-refractivity contribution is -0.389. The number of aromatic nitrogens is 3. The molecule has 0 aliphatic rings. The monoisotopic (exact) mass is 522 g/mol. The van der Waals surface area contributed by atoms with Crippen LogP contribution < -0.4 is 5.73 Å². The lowest BCUT2D eigenvalue weighted by Gasteiger charge is -2.36. The van der Waals surface area contributed by atoms with E-state index in [-0.39, 0.29) is 17.8 Å². The number of benzene rings is 2. The largest absolute Gasteiger partial charge is 0.457 e. The van der Waals surface area contributed by atoms with Crippen LogP contribution in [0.2, 0.25) is 10.0 Å². The summed E-state index contributed by atoms with van der Waals surface area (Å²) >= 11 is 11.6. The van der Waals surface area contributed by atoms with Crippen molar-refractivity contribution in [1.29, 1.82) is 0 Å². The highest BCUT2D eigenvalue weighted by Crippen LogP contribution is 2.59. The van der Waals surface area contributed by atoms with Crippen LogP contribution in [-0.4, -0.2) is 33.3 Å². The SMILES string of the molecule is Nc1cccc(-c2cn(-c3c(Cl)cc(C(F)(C(F)(F)F)C(F)(F)C(F)(F)F)cc3Cl)nn2)c1. The Morgan fingerprint density at radius 1 is 0.818 bits per heavy atom. The topological polar surface area (TPSA) is 56.7 Å². The van der Waals surface area contributed by atoms with Gasteiger partial charge in [-0.15, -0.1) is 5.10 Å². The molecule has 0 spiro atoms. The van der Waals surface area contributed by atoms with Gasteiger partial charge in [-0.25, -0.2) is 9.07 Å². The highest BCUT2D eigenvalue weighted by Gasteiger charge is 2.81. The van der Waals surface area contributed by atoms with E-state index in [0.29, 0.717) is 11.3 Å². The van der Waals surface area contributed by atoms with Gasteiger partial charge < -0.3 is 5.73 Å². The number of hydrogen-bond acceptors (Lipinski definition) is 3. The zero-order chi connectivity index (χ0) is 25.0. The third-order valence-corrected chi connectivity index (χ3v) is 5.08. The number of rotatable bonds is 4. The summed E-state index contributed by atoms with van der Waals surface area (Å²) in [6.45, 7) is 0. The molecule has 0 bridgehead atoms. The van der Waals surface area contributed by atoms with Crippen LogP contribution in [0.5, 0.6) is 0 Å². The van der Waals surface area contributed by atoms with Crippen molar-refractivity contribution in [3.63, 3.8) is 0 Å². The molecule has 0 aliphatic heterocycles. The van der Waals surface area contributed by atoms with Gasteiger partial charge in [0.15, 0.2) is 0 Å². The van der Waals surface area contributed by atoms with Crippen LogP contribution in [0.3, 0.4) is 0 Å². The smallest absolute Gasteiger partial charge is 0.399 e. The predicted octanol–water partition coefficient (Wildman–Crippen LogP) is 6.75. The van der Waals surface area contributed by atoms with Crippen molar-refractivity contribution in [3.05, 3.63) is 58.2 Å². The zero-order valence-electron chi connectivity index (χ0n) is 15.6. The van der Waals surface area contributed by atoms with Gasteiger partial charge in [0.25, 0.3) is 0 Å². The van der Waals surface area contributed by atoms with Crippen LogP contribution >= 0.6 is 23.2 Å². The summed E-state index contributed by atoms with van der Waals surface area (Å²) in [5, 5.41) is 5.65. The van der Waals surface area contributed by atoms with Crippen LogP contribution in [0.4, 0.5) is 45.2 Å². The first-order chi connectivity index (χ1) is 15.0. The molecule has 3 aromatic rings. The molecular weight excluding hydrogens is 514 g/mol. The van der Waals surface area contributed by atoms with Crippen LogP contribution in [-0.2, 0) is 5.67 Å². The van der Waals surface area contributed by atoms with Gasteiger partial charge in [0.1, 0.15) is 11.4 Å². The molecule has 3 rings (SSSR count). The van der Waals surface area contributed by atoms with Gasteiger partial charge in [-0.05, 0) is 24.3 Å². The van der Waals surface area contributed by atoms with E-state index in [0.717, 1.165) is 4.68 Å². The van der Waals surface area contributed by atoms with Crippen molar-refractivity contribution < 1.29 is 39.5 Å². The number of alkyl halides is 9. The second-order valence-corrected chi connectivity index (χ2v) is 7.51. The molecule has 33 heavy (non-hydrogen) atoms. The maximum absolute atomic E-state index is 14.7. The summed E-state index contributed by atoms with van der Waals surface area (Å²) < 4.78 is 121. The number of halogens is 11. The lowest BCUT2D eigenvalue weighted by Crippen LogP contribution is -2.59. The molecule has 0 saturated heterocycles. The van der Waals surface area contributed by atoms with E-state index < -0.39 is 45.2 Å². The molecule has 0 fully saturated rings. The molecule has 4 nitrogen and oxygen atoms in total. The van der Waals surface area contributed by atoms with E-state index in [1.807, 2.05) is 0 Å². The second kappa shape index (κ2) is 7.97. The summed E-state index contributed by atoms with van der Waals surface area (Å²) in [7, 11) is 0. The minimum absolute atomic E-state index is 0.0300. The Bertz CT molecular complexity index is 1170. The van der Waals surface area contributed by atoms with Crippen molar-refractivity contribution in [2.45, 2.75) is 23.9 Å². The maximum atomic E-state index is 14.7. The van der Waals surface area contributed by atoms with Crippen molar-refractivity contribution in [2.24, 2.45) is 0 Å². The van der Waals surface area contributed by atoms with E-state index in [1.54, 1.807) is 18.2 Å². The van der Waals surface area contributed by atoms with Gasteiger partial charge >= 0.3 is 23.9 Å². The molecule has 0 saturated carbocycles. The lowest BCUT2D eigenvalue weighted by atomic mass is 9.87. The minimum Gasteiger partial charge on any atom is -0.399 e. The fraction of sp³-hybridized carbons (Fsp3) is 0.222. The standard InChI is InChI=1S/C18H9Cl2F9N4/c19-11-5-9(15(21,17(24,25)26)16(22,23)18(27,28)29)6-12(20)14(11)33-7-13(31-32-33)8-2-1-3-10(30)4-8/h1-7H,30H2. The molecular formula is C18H9Cl2F9N4. The first-order valence-electron chi connectivity index (χ1n) is 8.49. The van der Waals surface area contributed by atoms with Crippen molar-refractivity contribution >= 4 is 28.9 Å². The average Bonchev–Trinajstić information content (AvgIpc) is 3.14. The number of anilines is 1. The second-order valence-electron chi connectivity index (χ2n) is 6.69. The maximum Gasteiger partial charge on any atom is 0.457 e. The average molecular weight is 523 g/mol. The number of nitrogens with zero attached hydrogens (tertiary/aromatic N) is 3. The molecule has 1 aromatic heterocycles. The minimum atomic E-state index is -6.88. The predicted molar refractivity (Wildman–Crippen MR) is 101 cm³/mol. The third-order valence-electron chi connectivity index (χ3n) is 4.50. The van der Waals surface area contributed by atoms with Crippen molar-refractivity contribution in [1.82, 2.24) is 15.0 Å². The molecule has 1 heterocycles. The van der Waals surface area contributed by atoms with Gasteiger partial charge in [-0.3, -0.25) is 0 Å². The summed E-state index contributed by atoms with van der Waals surface area (Å²) in [5.41, 5.74) is -2.12. The number of nitrogens with two attached hydrogens (primary N) is 1. The summed E-state index contributed by atoms with van der Waals surface area (Å²) in [5.74, 6) is -6.86. The van der Waals surface area contributed by atoms with Gasteiger partial charge in [0, 0.05) is 16.8 Å². The summed E-state index contributed by atoms with van der Waals surface area (Å²) in [6.07, 6.45) is -12.4. The Hall–Kier alpha value is -2.67. The van der Waals surface area contributed by atoms with Crippen molar-refractivity contribution in [2.75, 3.05) is 5.73 Å². The summed E-state index contributed by atoms with van der Waals surface area (Å²) in [4.78, 5) is 0. The fourth-order valence-corrected chi connectivity index (χ4v) is 3.57. The number of nitrogen functional groups attached to an aromatic ring is 1. The third kappa shape index (κ3) is 4.07. The molecule has 0 radical (unpaired) electrons. The van der Waals surface area contributed by atoms with Crippen LogP contribution in [0.25, 0.3) is 16.9 Å². The van der Waals surface area contributed by atoms with E-state index in [2.05, 4.69) is 10.3 Å². The fourth-order valence-electron chi connectivity index (χ4n) is 2.90. The zero-order valence-corrected chi connectivity index (χ0v) is 17.1. The molecule has 0 aliphatic carbocycles. The quantitative estimate of drug-likeness (QED) is 0.304. The molecule has 2 aromatic carbocycles. The summed E-state index contributed by atoms with van der Waals surface area (Å²) in [6, 6.07) is 6.17. The first kappa shape index (κ1) is 25.0. The Balaban J connectivity index is 2.15.